The van der Waals surface area contributed by atoms with Crippen LogP contribution in [0.4, 0.5) is 60.9 Å². The molecule has 0 radical (unpaired) electrons. The van der Waals surface area contributed by atoms with E-state index in [1.165, 1.54) is 73.2 Å². The van der Waals surface area contributed by atoms with Crippen molar-refractivity contribution in [1.82, 2.24) is 24.8 Å². The minimum atomic E-state index is -0.896. The van der Waals surface area contributed by atoms with Crippen molar-refractivity contribution in [3.05, 3.63) is 263 Å². The Hall–Kier alpha value is -11.0. The first-order valence-electron chi connectivity index (χ1n) is 30.0. The number of nitrogens with one attached hydrogen (secondary N) is 9. The Morgan fingerprint density at radius 1 is 0.380 bits per heavy atom. The van der Waals surface area contributed by atoms with Crippen molar-refractivity contribution < 1.29 is 59.8 Å². The molecule has 0 atom stereocenters. The maximum atomic E-state index is 14.8. The third kappa shape index (κ3) is 19.6. The van der Waals surface area contributed by atoms with E-state index in [9.17, 15) is 55.1 Å². The molecule has 2 aliphatic rings. The van der Waals surface area contributed by atoms with Gasteiger partial charge in [0.2, 0.25) is 0 Å². The predicted molar refractivity (Wildman–Crippen MR) is 374 cm³/mol. The van der Waals surface area contributed by atoms with Crippen molar-refractivity contribution in [3.8, 4) is 0 Å². The summed E-state index contributed by atoms with van der Waals surface area (Å²) < 4.78 is 92.8. The van der Waals surface area contributed by atoms with E-state index >= 15 is 0 Å². The zero-order chi connectivity index (χ0) is 71.7. The molecule has 22 nitrogen and oxygen atoms in total. The van der Waals surface area contributed by atoms with Gasteiger partial charge in [0.1, 0.15) is 69.9 Å². The first kappa shape index (κ1) is 73.2. The number of ether oxygens (including phenoxy) is 1. The Kier molecular flexibility index (Phi) is 24.9. The normalized spacial score (nSPS) is 12.4. The summed E-state index contributed by atoms with van der Waals surface area (Å²) >= 11 is 9.72. The van der Waals surface area contributed by atoms with Gasteiger partial charge < -0.3 is 52.2 Å². The number of nitrogen functional groups attached to an aromatic ring is 1. The molecule has 6 aromatic carbocycles. The predicted octanol–water partition coefficient (Wildman–Crippen LogP) is 13.6. The highest BCUT2D eigenvalue weighted by atomic mass is 79.9. The maximum Gasteiger partial charge on any atom is 0.259 e. The number of aromatic nitrogens is 3. The van der Waals surface area contributed by atoms with Crippen molar-refractivity contribution in [1.29, 1.82) is 16.2 Å². The number of amidine groups is 3. The van der Waals surface area contributed by atoms with E-state index in [-0.39, 0.29) is 91.0 Å². The average Bonchev–Trinajstić information content (AvgIpc) is 0.825. The van der Waals surface area contributed by atoms with Crippen LogP contribution >= 0.6 is 47.8 Å². The Balaban J connectivity index is 0.000000176. The number of nitrogens with zero attached hydrogens (tertiary/aromatic N) is 5. The number of carbonyl (C=O) groups is 6. The molecule has 0 bridgehead atoms. The number of hydrogen-bond acceptors (Lipinski definition) is 13. The number of nitrogens with two attached hydrogens (primary N) is 1. The number of amides is 6. The average molecular weight is 1560 g/mol. The van der Waals surface area contributed by atoms with Crippen LogP contribution in [0, 0.1) is 51.1 Å². The highest BCUT2D eigenvalue weighted by Crippen LogP contribution is 2.27. The zero-order valence-electron chi connectivity index (χ0n) is 52.0. The molecule has 2 aliphatic heterocycles. The Morgan fingerprint density at radius 3 is 1.00 bits per heavy atom. The molecule has 0 aliphatic carbocycles. The second-order valence-corrected chi connectivity index (χ2v) is 24.5. The number of hydrogen-bond donors (Lipinski definition) is 10. The van der Waals surface area contributed by atoms with Crippen molar-refractivity contribution in [2.75, 3.05) is 71.3 Å². The van der Waals surface area contributed by atoms with Gasteiger partial charge in [-0.15, -0.1) is 0 Å². The molecule has 0 unspecified atom stereocenters. The number of anilines is 6. The van der Waals surface area contributed by atoms with Gasteiger partial charge in [0, 0.05) is 74.9 Å². The van der Waals surface area contributed by atoms with Crippen LogP contribution in [0.5, 0.6) is 0 Å². The van der Waals surface area contributed by atoms with E-state index in [2.05, 4.69) is 94.6 Å². The molecule has 0 saturated carbocycles. The smallest absolute Gasteiger partial charge is 0.259 e. The quantitative estimate of drug-likeness (QED) is 0.0260. The van der Waals surface area contributed by atoms with E-state index < -0.39 is 70.3 Å². The summed E-state index contributed by atoms with van der Waals surface area (Å²) in [7, 11) is 0. The molecule has 2 fully saturated rings. The van der Waals surface area contributed by atoms with Gasteiger partial charge in [-0.25, -0.2) is 41.3 Å². The lowest BCUT2D eigenvalue weighted by Gasteiger charge is -2.29. The Bertz CT molecular complexity index is 4430. The molecule has 31 heteroatoms. The Morgan fingerprint density at radius 2 is 0.690 bits per heavy atom. The standard InChI is InChI=1S/C25H22BrF2N5O2.C24H20BrF2N5O3.C20H14BrF2N5O2/c26-16-5-9-22(30-14-16)32-25(35)19-13-17(27)6-8-21(19)31-24(34)18-7-4-15(12-20(18)28)23(29)33-10-2-1-3-11-33;25-15-2-6-21(29-13-15)31-24(34)18-12-16(26)3-5-20(18)30-23(33)17-4-1-14(11-19(17)27)22(28)32-7-9-35-10-8-32;21-11-2-6-17(26-9-11)28-20(30)14-8-12(22)3-5-16(14)27-19(29)13-4-1-10(18(24)25)7-15(13)23/h4-9,12-14,29H,1-3,10-11H2,(H,31,34)(H,30,32,35);1-6,11-13,28H,7-10H2,(H,30,33)(H,29,31,34);1-9H,(H3,24,25)(H,27,29)(H,26,28,30). The fourth-order valence-electron chi connectivity index (χ4n) is 9.74. The van der Waals surface area contributed by atoms with Crippen LogP contribution in [-0.4, -0.2) is 117 Å². The van der Waals surface area contributed by atoms with Crippen LogP contribution in [0.1, 0.15) is 98.1 Å². The maximum absolute atomic E-state index is 14.8. The number of morpholine rings is 1. The third-order valence-corrected chi connectivity index (χ3v) is 16.2. The van der Waals surface area contributed by atoms with Crippen LogP contribution in [0.25, 0.3) is 0 Å². The number of carbonyl (C=O) groups excluding carboxylic acids is 6. The highest BCUT2D eigenvalue weighted by Gasteiger charge is 2.25. The molecule has 11 rings (SSSR count). The first-order chi connectivity index (χ1) is 47.9. The topological polar surface area (TPSA) is 327 Å². The molecule has 0 spiro atoms. The van der Waals surface area contributed by atoms with E-state index in [4.69, 9.17) is 26.7 Å². The molecule has 11 N–H and O–H groups in total. The summed E-state index contributed by atoms with van der Waals surface area (Å²) in [5.41, 5.74) is 4.76. The lowest BCUT2D eigenvalue weighted by molar-refractivity contribution is 0.0679. The van der Waals surface area contributed by atoms with Gasteiger partial charge in [-0.1, -0.05) is 18.2 Å². The molecule has 512 valence electrons. The van der Waals surface area contributed by atoms with Crippen LogP contribution in [-0.2, 0) is 4.74 Å². The molecule has 3 aromatic heterocycles. The highest BCUT2D eigenvalue weighted by molar-refractivity contribution is 9.11. The van der Waals surface area contributed by atoms with Crippen LogP contribution in [0.3, 0.4) is 0 Å². The number of benzene rings is 6. The van der Waals surface area contributed by atoms with E-state index in [0.29, 0.717) is 50.8 Å². The van der Waals surface area contributed by atoms with Gasteiger partial charge in [0.25, 0.3) is 35.4 Å². The van der Waals surface area contributed by atoms with Crippen LogP contribution in [0.15, 0.2) is 178 Å². The molecule has 9 aromatic rings. The Labute approximate surface area is 591 Å². The first-order valence-corrected chi connectivity index (χ1v) is 32.4. The minimum Gasteiger partial charge on any atom is -0.384 e. The molecular formula is C69H56Br3F6N15O7. The second kappa shape index (κ2) is 34.0. The summed E-state index contributed by atoms with van der Waals surface area (Å²) in [6.45, 7) is 3.50. The van der Waals surface area contributed by atoms with E-state index in [1.54, 1.807) is 35.2 Å². The van der Waals surface area contributed by atoms with Gasteiger partial charge in [-0.05, 0) is 194 Å². The molecule has 5 heterocycles. The molecule has 6 amide bonds. The summed E-state index contributed by atoms with van der Waals surface area (Å²) in [5.74, 6) is -8.50. The van der Waals surface area contributed by atoms with Crippen molar-refractivity contribution >= 4 is 135 Å². The number of rotatable bonds is 15. The summed E-state index contributed by atoms with van der Waals surface area (Å²) in [5, 5.41) is 38.9. The zero-order valence-corrected chi connectivity index (χ0v) is 56.8. The van der Waals surface area contributed by atoms with Gasteiger partial charge in [-0.3, -0.25) is 45.0 Å². The SMILES string of the molecule is N=C(N)c1ccc(C(=O)Nc2ccc(F)cc2C(=O)Nc2ccc(Br)cn2)c(F)c1.N=C(c1ccc(C(=O)Nc2ccc(F)cc2C(=O)Nc2ccc(Br)cn2)c(F)c1)N1CCCCC1.N=C(c1ccc(C(=O)Nc2ccc(F)cc2C(=O)Nc2ccc(Br)cn2)c(F)c1)N1CCOCC1. The third-order valence-electron chi connectivity index (χ3n) is 14.8. The van der Waals surface area contributed by atoms with Gasteiger partial charge in [0.05, 0.1) is 63.7 Å². The number of likely N-dealkylation sites (tertiary alicyclic amines) is 1. The summed E-state index contributed by atoms with van der Waals surface area (Å²) in [6, 6.07) is 30.7. The molecule has 100 heavy (non-hydrogen) atoms. The molecular weight excluding hydrogens is 1500 g/mol. The van der Waals surface area contributed by atoms with Crippen LogP contribution < -0.4 is 37.6 Å². The van der Waals surface area contributed by atoms with Crippen LogP contribution in [0.2, 0.25) is 0 Å². The lowest BCUT2D eigenvalue weighted by Crippen LogP contribution is -2.40. The summed E-state index contributed by atoms with van der Waals surface area (Å²) in [4.78, 5) is 91.9. The monoisotopic (exact) mass is 1560 g/mol. The van der Waals surface area contributed by atoms with E-state index in [0.717, 1.165) is 93.0 Å². The minimum absolute atomic E-state index is 0.00412. The molecule has 2 saturated heterocycles. The fourth-order valence-corrected chi connectivity index (χ4v) is 10.4. The van der Waals surface area contributed by atoms with Crippen molar-refractivity contribution in [2.45, 2.75) is 19.3 Å². The summed E-state index contributed by atoms with van der Waals surface area (Å²) in [6.07, 6.45) is 7.52. The van der Waals surface area contributed by atoms with Crippen molar-refractivity contribution in [2.24, 2.45) is 5.73 Å². The second-order valence-electron chi connectivity index (χ2n) is 21.7. The van der Waals surface area contributed by atoms with Gasteiger partial charge in [0.15, 0.2) is 0 Å². The largest absolute Gasteiger partial charge is 0.384 e. The number of halogens is 9. The van der Waals surface area contributed by atoms with Crippen molar-refractivity contribution in [3.63, 3.8) is 0 Å². The lowest BCUT2D eigenvalue weighted by atomic mass is 10.1. The fraction of sp³-hybridized carbons (Fsp3) is 0.130. The van der Waals surface area contributed by atoms with E-state index in [1.807, 2.05) is 4.90 Å². The van der Waals surface area contributed by atoms with Gasteiger partial charge >= 0.3 is 0 Å². The number of piperidine rings is 1. The number of pyridine rings is 3. The van der Waals surface area contributed by atoms with Gasteiger partial charge in [-0.2, -0.15) is 0 Å².